The van der Waals surface area contributed by atoms with E-state index in [1.54, 1.807) is 27.7 Å². The molecule has 0 unspecified atom stereocenters. The van der Waals surface area contributed by atoms with Crippen molar-refractivity contribution >= 4 is 11.4 Å². The van der Waals surface area contributed by atoms with Crippen LogP contribution < -0.4 is 11.5 Å². The molecule has 0 saturated heterocycles. The maximum Gasteiger partial charge on any atom is 0.399 e. The number of phenols is 2. The average molecular weight is 382 g/mol. The third-order valence-electron chi connectivity index (χ3n) is 4.66. The zero-order valence-corrected chi connectivity index (χ0v) is 15.7. The summed E-state index contributed by atoms with van der Waals surface area (Å²) in [4.78, 5) is 0. The highest BCUT2D eigenvalue weighted by atomic mass is 19.4. The average Bonchev–Trinajstić information content (AvgIpc) is 2.52. The minimum absolute atomic E-state index is 0.0280. The van der Waals surface area contributed by atoms with Gasteiger partial charge in [-0.2, -0.15) is 13.2 Å². The lowest BCUT2D eigenvalue weighted by Crippen LogP contribution is -2.25. The van der Waals surface area contributed by atoms with Crippen molar-refractivity contribution in [3.8, 4) is 11.5 Å². The van der Waals surface area contributed by atoms with Gasteiger partial charge in [-0.3, -0.25) is 0 Å². The van der Waals surface area contributed by atoms with Crippen LogP contribution in [0, 0.1) is 0 Å². The van der Waals surface area contributed by atoms with Crippen LogP contribution in [0.3, 0.4) is 0 Å². The Bertz CT molecular complexity index is 783. The number of phenolic OH excluding ortho intramolecular Hbond substituents is 2. The number of halogens is 3. The first-order valence-electron chi connectivity index (χ1n) is 8.65. The van der Waals surface area contributed by atoms with Crippen LogP contribution in [0.5, 0.6) is 11.5 Å². The number of nitrogen functional groups attached to an aromatic ring is 2. The van der Waals surface area contributed by atoms with Gasteiger partial charge in [-0.25, -0.2) is 0 Å². The number of nitrogens with two attached hydrogens (primary N) is 2. The Hall–Kier alpha value is -2.57. The molecule has 0 bridgehead atoms. The molecular formula is C20H25F3N2O2. The first-order chi connectivity index (χ1) is 12.3. The number of rotatable bonds is 4. The van der Waals surface area contributed by atoms with E-state index in [9.17, 15) is 23.4 Å². The highest BCUT2D eigenvalue weighted by Crippen LogP contribution is 2.48. The number of aromatic hydroxyl groups is 2. The van der Waals surface area contributed by atoms with E-state index >= 15 is 0 Å². The summed E-state index contributed by atoms with van der Waals surface area (Å²) < 4.78 is 42.7. The Morgan fingerprint density at radius 3 is 1.30 bits per heavy atom. The van der Waals surface area contributed by atoms with Crippen LogP contribution in [0.2, 0.25) is 0 Å². The van der Waals surface area contributed by atoms with Crippen molar-refractivity contribution in [2.75, 3.05) is 11.5 Å². The van der Waals surface area contributed by atoms with Gasteiger partial charge in [0.15, 0.2) is 0 Å². The van der Waals surface area contributed by atoms with Crippen LogP contribution in [0.25, 0.3) is 0 Å². The molecule has 4 nitrogen and oxygen atoms in total. The highest BCUT2D eigenvalue weighted by Gasteiger charge is 2.44. The van der Waals surface area contributed by atoms with E-state index in [0.717, 1.165) is 0 Å². The van der Waals surface area contributed by atoms with Gasteiger partial charge in [-0.1, -0.05) is 27.7 Å². The zero-order chi connectivity index (χ0) is 20.7. The summed E-state index contributed by atoms with van der Waals surface area (Å²) >= 11 is 0. The number of benzene rings is 2. The Morgan fingerprint density at radius 1 is 0.704 bits per heavy atom. The fourth-order valence-corrected chi connectivity index (χ4v) is 3.30. The lowest BCUT2D eigenvalue weighted by molar-refractivity contribution is -0.141. The van der Waals surface area contributed by atoms with E-state index in [2.05, 4.69) is 0 Å². The number of hydrogen-bond acceptors (Lipinski definition) is 4. The first-order valence-corrected chi connectivity index (χ1v) is 8.65. The smallest absolute Gasteiger partial charge is 0.399 e. The van der Waals surface area contributed by atoms with Crippen molar-refractivity contribution in [1.29, 1.82) is 0 Å². The SMILES string of the molecule is CC(C)c1cc(O)c(N)cc1C(c1cc(N)c(O)cc1C(C)C)C(F)(F)F. The van der Waals surface area contributed by atoms with E-state index in [-0.39, 0.29) is 45.8 Å². The van der Waals surface area contributed by atoms with Crippen molar-refractivity contribution < 1.29 is 23.4 Å². The Kier molecular flexibility index (Phi) is 5.54. The maximum atomic E-state index is 14.2. The standard InChI is InChI=1S/C20H25F3N2O2/c1-9(2)11-7-17(26)15(24)5-13(11)19(20(21,22)23)14-6-16(25)18(27)8-12(14)10(3)4/h5-10,19,26-27H,24-25H2,1-4H3. The van der Waals surface area contributed by atoms with E-state index < -0.39 is 12.1 Å². The van der Waals surface area contributed by atoms with Crippen LogP contribution in [-0.4, -0.2) is 16.4 Å². The summed E-state index contributed by atoms with van der Waals surface area (Å²) in [5.41, 5.74) is 11.8. The quantitative estimate of drug-likeness (QED) is 0.432. The number of alkyl halides is 3. The summed E-state index contributed by atoms with van der Waals surface area (Å²) in [6, 6.07) is 4.92. The largest absolute Gasteiger partial charge is 0.506 e. The van der Waals surface area contributed by atoms with Gasteiger partial charge in [0.2, 0.25) is 0 Å². The van der Waals surface area contributed by atoms with Crippen LogP contribution in [-0.2, 0) is 0 Å². The van der Waals surface area contributed by atoms with Gasteiger partial charge in [-0.05, 0) is 58.4 Å². The molecule has 0 heterocycles. The Labute approximate surface area is 156 Å². The molecule has 2 rings (SSSR count). The molecule has 0 spiro atoms. The molecule has 27 heavy (non-hydrogen) atoms. The van der Waals surface area contributed by atoms with Gasteiger partial charge in [0.05, 0.1) is 11.4 Å². The molecule has 2 aromatic carbocycles. The molecule has 0 aliphatic heterocycles. The molecule has 0 radical (unpaired) electrons. The normalized spacial score (nSPS) is 12.4. The molecule has 0 fully saturated rings. The molecule has 0 atom stereocenters. The van der Waals surface area contributed by atoms with Gasteiger partial charge >= 0.3 is 6.18 Å². The second-order valence-electron chi connectivity index (χ2n) is 7.36. The predicted octanol–water partition coefficient (Wildman–Crippen LogP) is 5.20. The van der Waals surface area contributed by atoms with Crippen molar-refractivity contribution in [3.05, 3.63) is 46.5 Å². The molecule has 0 amide bonds. The van der Waals surface area contributed by atoms with Crippen LogP contribution in [0.1, 0.15) is 67.7 Å². The Balaban J connectivity index is 2.89. The van der Waals surface area contributed by atoms with Crippen molar-refractivity contribution in [2.45, 2.75) is 51.6 Å². The first kappa shape index (κ1) is 20.7. The third kappa shape index (κ3) is 4.07. The van der Waals surface area contributed by atoms with Gasteiger partial charge in [0.25, 0.3) is 0 Å². The second kappa shape index (κ2) is 7.21. The van der Waals surface area contributed by atoms with E-state index in [1.165, 1.54) is 24.3 Å². The van der Waals surface area contributed by atoms with Gasteiger partial charge in [0, 0.05) is 0 Å². The lowest BCUT2D eigenvalue weighted by atomic mass is 9.80. The lowest BCUT2D eigenvalue weighted by Gasteiger charge is -2.28. The van der Waals surface area contributed by atoms with Crippen LogP contribution in [0.4, 0.5) is 24.5 Å². The topological polar surface area (TPSA) is 92.5 Å². The number of hydrogen-bond donors (Lipinski definition) is 4. The maximum absolute atomic E-state index is 14.2. The Morgan fingerprint density at radius 2 is 1.04 bits per heavy atom. The summed E-state index contributed by atoms with van der Waals surface area (Å²) in [7, 11) is 0. The molecule has 0 aliphatic rings. The molecule has 0 saturated carbocycles. The highest BCUT2D eigenvalue weighted by molar-refractivity contribution is 5.62. The van der Waals surface area contributed by atoms with E-state index in [1.807, 2.05) is 0 Å². The fourth-order valence-electron chi connectivity index (χ4n) is 3.30. The molecule has 7 heteroatoms. The second-order valence-corrected chi connectivity index (χ2v) is 7.36. The van der Waals surface area contributed by atoms with Crippen molar-refractivity contribution in [1.82, 2.24) is 0 Å². The fraction of sp³-hybridized carbons (Fsp3) is 0.400. The zero-order valence-electron chi connectivity index (χ0n) is 15.7. The minimum atomic E-state index is -4.62. The van der Waals surface area contributed by atoms with Gasteiger partial charge < -0.3 is 21.7 Å². The molecule has 2 aromatic rings. The summed E-state index contributed by atoms with van der Waals surface area (Å²) in [5, 5.41) is 19.8. The molecular weight excluding hydrogens is 357 g/mol. The van der Waals surface area contributed by atoms with Crippen LogP contribution in [0.15, 0.2) is 24.3 Å². The molecule has 0 aromatic heterocycles. The summed E-state index contributed by atoms with van der Waals surface area (Å²) in [6.07, 6.45) is -4.62. The van der Waals surface area contributed by atoms with Gasteiger partial charge in [0.1, 0.15) is 17.4 Å². The summed E-state index contributed by atoms with van der Waals surface area (Å²) in [6.45, 7) is 6.99. The summed E-state index contributed by atoms with van der Waals surface area (Å²) in [5.74, 6) is -3.03. The minimum Gasteiger partial charge on any atom is -0.506 e. The number of anilines is 2. The van der Waals surface area contributed by atoms with Gasteiger partial charge in [-0.15, -0.1) is 0 Å². The third-order valence-corrected chi connectivity index (χ3v) is 4.66. The molecule has 0 aliphatic carbocycles. The van der Waals surface area contributed by atoms with Crippen LogP contribution >= 0.6 is 0 Å². The van der Waals surface area contributed by atoms with E-state index in [4.69, 9.17) is 11.5 Å². The monoisotopic (exact) mass is 382 g/mol. The van der Waals surface area contributed by atoms with Crippen molar-refractivity contribution in [3.63, 3.8) is 0 Å². The predicted molar refractivity (Wildman–Crippen MR) is 101 cm³/mol. The molecule has 148 valence electrons. The molecule has 6 N–H and O–H groups in total. The van der Waals surface area contributed by atoms with Crippen molar-refractivity contribution in [2.24, 2.45) is 0 Å². The van der Waals surface area contributed by atoms with E-state index in [0.29, 0.717) is 11.1 Å².